The Labute approximate surface area is 109 Å². The highest BCUT2D eigenvalue weighted by Gasteiger charge is 2.27. The number of hydrogen-bond donors (Lipinski definition) is 0. The molecule has 18 heavy (non-hydrogen) atoms. The fourth-order valence-corrected chi connectivity index (χ4v) is 1.81. The van der Waals surface area contributed by atoms with Gasteiger partial charge in [0, 0.05) is 12.0 Å². The highest BCUT2D eigenvalue weighted by atomic mass is 35.5. The minimum Gasteiger partial charge on any atom is -0.436 e. The van der Waals surface area contributed by atoms with Crippen molar-refractivity contribution in [2.45, 2.75) is 18.8 Å². The zero-order valence-corrected chi connectivity index (χ0v) is 10.2. The normalized spacial score (nSPS) is 14.6. The molecule has 1 heterocycles. The lowest BCUT2D eigenvalue weighted by atomic mass is 10.3. The van der Waals surface area contributed by atoms with Crippen molar-refractivity contribution in [3.8, 4) is 11.6 Å². The summed E-state index contributed by atoms with van der Waals surface area (Å²) in [7, 11) is 0. The van der Waals surface area contributed by atoms with Gasteiger partial charge in [-0.05, 0) is 25.0 Å². The summed E-state index contributed by atoms with van der Waals surface area (Å²) < 4.78 is 18.8. The molecule has 5 heteroatoms. The van der Waals surface area contributed by atoms with Crippen LogP contribution in [0.15, 0.2) is 30.3 Å². The molecular formula is C13H10ClFN2O. The number of para-hydroxylation sites is 1. The summed E-state index contributed by atoms with van der Waals surface area (Å²) in [5, 5.41) is 0.318. The van der Waals surface area contributed by atoms with Crippen LogP contribution in [0.2, 0.25) is 5.15 Å². The smallest absolute Gasteiger partial charge is 0.224 e. The van der Waals surface area contributed by atoms with Gasteiger partial charge in [-0.3, -0.25) is 0 Å². The molecule has 1 aromatic carbocycles. The number of nitrogens with zero attached hydrogens (tertiary/aromatic N) is 2. The van der Waals surface area contributed by atoms with Crippen molar-refractivity contribution in [2.24, 2.45) is 0 Å². The van der Waals surface area contributed by atoms with E-state index in [1.54, 1.807) is 18.2 Å². The minimum atomic E-state index is -0.430. The van der Waals surface area contributed by atoms with Crippen molar-refractivity contribution in [3.63, 3.8) is 0 Å². The van der Waals surface area contributed by atoms with E-state index in [1.807, 2.05) is 0 Å². The summed E-state index contributed by atoms with van der Waals surface area (Å²) in [5.41, 5.74) is 0. The van der Waals surface area contributed by atoms with Gasteiger partial charge in [-0.15, -0.1) is 0 Å². The van der Waals surface area contributed by atoms with Gasteiger partial charge < -0.3 is 4.74 Å². The van der Waals surface area contributed by atoms with Crippen LogP contribution in [0.1, 0.15) is 24.6 Å². The Kier molecular flexibility index (Phi) is 2.88. The van der Waals surface area contributed by atoms with E-state index in [2.05, 4.69) is 9.97 Å². The molecule has 2 aromatic rings. The van der Waals surface area contributed by atoms with Crippen LogP contribution in [0.4, 0.5) is 4.39 Å². The first kappa shape index (κ1) is 11.4. The topological polar surface area (TPSA) is 35.0 Å². The fraction of sp³-hybridized carbons (Fsp3) is 0.231. The van der Waals surface area contributed by atoms with Crippen LogP contribution < -0.4 is 4.74 Å². The SMILES string of the molecule is Fc1ccccc1Oc1cc(Cl)nc(C2CC2)n1. The first-order valence-corrected chi connectivity index (χ1v) is 6.07. The highest BCUT2D eigenvalue weighted by molar-refractivity contribution is 6.29. The van der Waals surface area contributed by atoms with Crippen LogP contribution in [-0.4, -0.2) is 9.97 Å². The molecule has 0 bridgehead atoms. The molecule has 0 N–H and O–H groups in total. The zero-order chi connectivity index (χ0) is 12.5. The Morgan fingerprint density at radius 3 is 2.72 bits per heavy atom. The average molecular weight is 265 g/mol. The molecule has 0 saturated heterocycles. The van der Waals surface area contributed by atoms with Crippen molar-refractivity contribution in [2.75, 3.05) is 0 Å². The fourth-order valence-electron chi connectivity index (χ4n) is 1.63. The number of hydrogen-bond acceptors (Lipinski definition) is 3. The van der Waals surface area contributed by atoms with Gasteiger partial charge in [-0.25, -0.2) is 9.37 Å². The molecule has 1 saturated carbocycles. The molecule has 0 amide bonds. The Balaban J connectivity index is 1.90. The van der Waals surface area contributed by atoms with E-state index in [-0.39, 0.29) is 11.6 Å². The lowest BCUT2D eigenvalue weighted by Gasteiger charge is -2.07. The zero-order valence-electron chi connectivity index (χ0n) is 9.44. The van der Waals surface area contributed by atoms with E-state index >= 15 is 0 Å². The minimum absolute atomic E-state index is 0.133. The Morgan fingerprint density at radius 2 is 2.00 bits per heavy atom. The number of rotatable bonds is 3. The molecule has 1 aliphatic rings. The van der Waals surface area contributed by atoms with Crippen LogP contribution in [0.3, 0.4) is 0 Å². The maximum Gasteiger partial charge on any atom is 0.224 e. The molecule has 0 atom stereocenters. The molecule has 1 aromatic heterocycles. The predicted molar refractivity (Wildman–Crippen MR) is 65.5 cm³/mol. The second kappa shape index (κ2) is 4.53. The van der Waals surface area contributed by atoms with Crippen LogP contribution in [0.5, 0.6) is 11.6 Å². The molecule has 92 valence electrons. The third-order valence-electron chi connectivity index (χ3n) is 2.68. The van der Waals surface area contributed by atoms with Crippen molar-refractivity contribution >= 4 is 11.6 Å². The lowest BCUT2D eigenvalue weighted by Crippen LogP contribution is -1.97. The average Bonchev–Trinajstić information content (AvgIpc) is 3.15. The summed E-state index contributed by atoms with van der Waals surface area (Å²) in [5.74, 6) is 1.02. The summed E-state index contributed by atoms with van der Waals surface area (Å²) >= 11 is 5.90. The van der Waals surface area contributed by atoms with Crippen molar-refractivity contribution in [1.82, 2.24) is 9.97 Å². The lowest BCUT2D eigenvalue weighted by molar-refractivity contribution is 0.424. The summed E-state index contributed by atoms with van der Waals surface area (Å²) in [6, 6.07) is 7.66. The van der Waals surface area contributed by atoms with Gasteiger partial charge in [0.2, 0.25) is 5.88 Å². The number of ether oxygens (including phenoxy) is 1. The number of benzene rings is 1. The third kappa shape index (κ3) is 2.43. The summed E-state index contributed by atoms with van der Waals surface area (Å²) in [4.78, 5) is 8.39. The van der Waals surface area contributed by atoms with Gasteiger partial charge >= 0.3 is 0 Å². The van der Waals surface area contributed by atoms with Crippen LogP contribution >= 0.6 is 11.6 Å². The Bertz CT molecular complexity index is 587. The molecule has 0 spiro atoms. The van der Waals surface area contributed by atoms with Crippen molar-refractivity contribution < 1.29 is 9.13 Å². The van der Waals surface area contributed by atoms with E-state index in [0.29, 0.717) is 16.9 Å². The maximum atomic E-state index is 13.4. The molecule has 0 radical (unpaired) electrons. The van der Waals surface area contributed by atoms with Gasteiger partial charge in [0.15, 0.2) is 11.6 Å². The molecule has 0 unspecified atom stereocenters. The van der Waals surface area contributed by atoms with Gasteiger partial charge in [0.25, 0.3) is 0 Å². The van der Waals surface area contributed by atoms with Gasteiger partial charge in [0.05, 0.1) is 0 Å². The van der Waals surface area contributed by atoms with Crippen LogP contribution in [-0.2, 0) is 0 Å². The van der Waals surface area contributed by atoms with E-state index < -0.39 is 5.82 Å². The van der Waals surface area contributed by atoms with Crippen molar-refractivity contribution in [1.29, 1.82) is 0 Å². The molecular weight excluding hydrogens is 255 g/mol. The first-order valence-electron chi connectivity index (χ1n) is 5.69. The monoisotopic (exact) mass is 264 g/mol. The van der Waals surface area contributed by atoms with E-state index in [1.165, 1.54) is 12.1 Å². The number of halogens is 2. The predicted octanol–water partition coefficient (Wildman–Crippen LogP) is 3.94. The second-order valence-electron chi connectivity index (χ2n) is 4.19. The molecule has 1 fully saturated rings. The molecule has 1 aliphatic carbocycles. The van der Waals surface area contributed by atoms with Gasteiger partial charge in [-0.1, -0.05) is 23.7 Å². The molecule has 0 aliphatic heterocycles. The first-order chi connectivity index (χ1) is 8.72. The van der Waals surface area contributed by atoms with Crippen LogP contribution in [0, 0.1) is 5.82 Å². The van der Waals surface area contributed by atoms with Gasteiger partial charge in [0.1, 0.15) is 11.0 Å². The van der Waals surface area contributed by atoms with E-state index in [0.717, 1.165) is 12.8 Å². The largest absolute Gasteiger partial charge is 0.436 e. The summed E-state index contributed by atoms with van der Waals surface area (Å²) in [6.45, 7) is 0. The van der Waals surface area contributed by atoms with Crippen molar-refractivity contribution in [3.05, 3.63) is 47.1 Å². The van der Waals surface area contributed by atoms with Gasteiger partial charge in [-0.2, -0.15) is 4.98 Å². The number of aromatic nitrogens is 2. The summed E-state index contributed by atoms with van der Waals surface area (Å²) in [6.07, 6.45) is 2.14. The standard InChI is InChI=1S/C13H10ClFN2O/c14-11-7-12(17-13(16-11)8-5-6-8)18-10-4-2-1-3-9(10)15/h1-4,7-8H,5-6H2. The Morgan fingerprint density at radius 1 is 1.22 bits per heavy atom. The Hall–Kier alpha value is -1.68. The molecule has 3 rings (SSSR count). The van der Waals surface area contributed by atoms with E-state index in [9.17, 15) is 4.39 Å². The maximum absolute atomic E-state index is 13.4. The quantitative estimate of drug-likeness (QED) is 0.788. The van der Waals surface area contributed by atoms with Crippen LogP contribution in [0.25, 0.3) is 0 Å². The molecule has 3 nitrogen and oxygen atoms in total. The third-order valence-corrected chi connectivity index (χ3v) is 2.88. The van der Waals surface area contributed by atoms with E-state index in [4.69, 9.17) is 16.3 Å². The highest BCUT2D eigenvalue weighted by Crippen LogP contribution is 2.39. The second-order valence-corrected chi connectivity index (χ2v) is 4.58.